The highest BCUT2D eigenvalue weighted by Crippen LogP contribution is 2.21. The second-order valence-electron chi connectivity index (χ2n) is 4.65. The van der Waals surface area contributed by atoms with Crippen molar-refractivity contribution in [1.82, 2.24) is 10.2 Å². The van der Waals surface area contributed by atoms with Gasteiger partial charge in [0.05, 0.1) is 5.69 Å². The molecule has 6 heteroatoms. The van der Waals surface area contributed by atoms with Crippen LogP contribution in [0.4, 0.5) is 11.5 Å². The van der Waals surface area contributed by atoms with E-state index in [1.54, 1.807) is 17.4 Å². The first-order valence-electron chi connectivity index (χ1n) is 6.79. The summed E-state index contributed by atoms with van der Waals surface area (Å²) in [4.78, 5) is 17.2. The largest absolute Gasteiger partial charge is 0.378 e. The number of thiophene rings is 1. The number of hydrogen-bond donors (Lipinski definition) is 1. The molecule has 0 saturated carbocycles. The summed E-state index contributed by atoms with van der Waals surface area (Å²) in [5.74, 6) is 0.409. The van der Waals surface area contributed by atoms with Crippen molar-refractivity contribution in [3.63, 3.8) is 0 Å². The molecule has 0 aliphatic rings. The number of hydrogen-bond acceptors (Lipinski definition) is 6. The van der Waals surface area contributed by atoms with E-state index in [2.05, 4.69) is 20.5 Å². The molecule has 0 saturated heterocycles. The zero-order chi connectivity index (χ0) is 15.2. The Labute approximate surface area is 128 Å². The molecule has 0 aliphatic heterocycles. The molecule has 0 aromatic carbocycles. The quantitative estimate of drug-likeness (QED) is 0.650. The van der Waals surface area contributed by atoms with Crippen LogP contribution in [0.25, 0.3) is 0 Å². The van der Waals surface area contributed by atoms with E-state index in [-0.39, 0.29) is 5.78 Å². The lowest BCUT2D eigenvalue weighted by Crippen LogP contribution is -2.07. The van der Waals surface area contributed by atoms with Crippen molar-refractivity contribution in [2.75, 3.05) is 5.32 Å². The van der Waals surface area contributed by atoms with Gasteiger partial charge in [0, 0.05) is 30.1 Å². The fraction of sp³-hybridized carbons (Fsp3) is 0.333. The van der Waals surface area contributed by atoms with Crippen LogP contribution < -0.4 is 5.32 Å². The third-order valence-corrected chi connectivity index (χ3v) is 3.84. The number of nitrogens with zero attached hydrogens (tertiary/aromatic N) is 3. The Balaban J connectivity index is 2.26. The number of carbonyl (C=O) groups excluding carboxylic acids is 1. The van der Waals surface area contributed by atoms with Gasteiger partial charge in [0.15, 0.2) is 17.3 Å². The van der Waals surface area contributed by atoms with E-state index in [4.69, 9.17) is 0 Å². The molecule has 0 aliphatic carbocycles. The topological polar surface area (TPSA) is 67.2 Å². The van der Waals surface area contributed by atoms with Crippen molar-refractivity contribution in [1.29, 1.82) is 0 Å². The molecule has 0 bridgehead atoms. The molecule has 0 amide bonds. The Bertz CT molecular complexity index is 650. The predicted octanol–water partition coefficient (Wildman–Crippen LogP) is 3.86. The fourth-order valence-electron chi connectivity index (χ4n) is 1.70. The first-order valence-corrected chi connectivity index (χ1v) is 7.67. The first kappa shape index (κ1) is 15.3. The van der Waals surface area contributed by atoms with Crippen molar-refractivity contribution in [3.05, 3.63) is 34.2 Å². The van der Waals surface area contributed by atoms with Gasteiger partial charge in [0.1, 0.15) is 0 Å². The highest BCUT2D eigenvalue weighted by Gasteiger charge is 2.11. The Morgan fingerprint density at radius 2 is 2.19 bits per heavy atom. The van der Waals surface area contributed by atoms with Crippen molar-refractivity contribution in [3.8, 4) is 0 Å². The molecular formula is C15H18N4OS. The van der Waals surface area contributed by atoms with Gasteiger partial charge in [-0.05, 0) is 24.8 Å². The van der Waals surface area contributed by atoms with Gasteiger partial charge in [-0.1, -0.05) is 13.0 Å². The normalized spacial score (nSPS) is 11.5. The molecular weight excluding hydrogens is 284 g/mol. The molecule has 0 spiro atoms. The minimum Gasteiger partial charge on any atom is -0.378 e. The number of aliphatic imine (C=N–C) groups is 1. The maximum atomic E-state index is 11.6. The number of Topliss-reactive ketones (excluding diaryl/α,β-unsaturated/α-hetero) is 1. The summed E-state index contributed by atoms with van der Waals surface area (Å²) in [5.41, 5.74) is 2.00. The third kappa shape index (κ3) is 4.19. The zero-order valence-electron chi connectivity index (χ0n) is 12.4. The molecule has 0 unspecified atom stereocenters. The number of rotatable bonds is 6. The molecule has 2 rings (SSSR count). The van der Waals surface area contributed by atoms with Gasteiger partial charge in [-0.3, -0.25) is 4.79 Å². The Hall–Kier alpha value is -2.08. The van der Waals surface area contributed by atoms with Crippen LogP contribution in [0.5, 0.6) is 0 Å². The van der Waals surface area contributed by atoms with Gasteiger partial charge >= 0.3 is 0 Å². The molecule has 2 aromatic heterocycles. The molecule has 21 heavy (non-hydrogen) atoms. The SMILES string of the molecule is CCC(C)=Nc1cc(NCc2cccs2)c(C(C)=O)nn1. The highest BCUT2D eigenvalue weighted by molar-refractivity contribution is 7.09. The third-order valence-electron chi connectivity index (χ3n) is 2.96. The summed E-state index contributed by atoms with van der Waals surface area (Å²) in [6, 6.07) is 5.81. The standard InChI is InChI=1S/C15H18N4OS/c1-4-10(2)17-14-8-13(15(11(3)20)19-18-14)16-9-12-6-5-7-21-12/h5-8H,4,9H2,1-3H3,(H,16,18). The number of anilines is 1. The summed E-state index contributed by atoms with van der Waals surface area (Å²) < 4.78 is 0. The smallest absolute Gasteiger partial charge is 0.182 e. The maximum Gasteiger partial charge on any atom is 0.182 e. The zero-order valence-corrected chi connectivity index (χ0v) is 13.2. The Kier molecular flexibility index (Phi) is 5.16. The lowest BCUT2D eigenvalue weighted by molar-refractivity contribution is 0.101. The van der Waals surface area contributed by atoms with Crippen molar-refractivity contribution in [2.45, 2.75) is 33.7 Å². The molecule has 2 heterocycles. The number of aromatic nitrogens is 2. The average molecular weight is 302 g/mol. The average Bonchev–Trinajstić information content (AvgIpc) is 2.98. The van der Waals surface area contributed by atoms with E-state index in [9.17, 15) is 4.79 Å². The summed E-state index contributed by atoms with van der Waals surface area (Å²) >= 11 is 1.66. The van der Waals surface area contributed by atoms with Crippen molar-refractivity contribution >= 4 is 34.3 Å². The van der Waals surface area contributed by atoms with E-state index >= 15 is 0 Å². The highest BCUT2D eigenvalue weighted by atomic mass is 32.1. The van der Waals surface area contributed by atoms with Gasteiger partial charge < -0.3 is 5.32 Å². The minimum atomic E-state index is -0.112. The van der Waals surface area contributed by atoms with E-state index in [0.29, 0.717) is 23.7 Å². The van der Waals surface area contributed by atoms with E-state index < -0.39 is 0 Å². The molecule has 110 valence electrons. The molecule has 0 fully saturated rings. The van der Waals surface area contributed by atoms with Gasteiger partial charge in [-0.2, -0.15) is 0 Å². The predicted molar refractivity (Wildman–Crippen MR) is 86.7 cm³/mol. The van der Waals surface area contributed by atoms with Crippen molar-refractivity contribution in [2.24, 2.45) is 4.99 Å². The Morgan fingerprint density at radius 1 is 1.38 bits per heavy atom. The van der Waals surface area contributed by atoms with Gasteiger partial charge in [0.2, 0.25) is 0 Å². The van der Waals surface area contributed by atoms with Gasteiger partial charge in [-0.25, -0.2) is 4.99 Å². The summed E-state index contributed by atoms with van der Waals surface area (Å²) in [6.45, 7) is 6.12. The van der Waals surface area contributed by atoms with Crippen LogP contribution in [0.3, 0.4) is 0 Å². The number of carbonyl (C=O) groups is 1. The molecule has 0 radical (unpaired) electrons. The maximum absolute atomic E-state index is 11.6. The lowest BCUT2D eigenvalue weighted by atomic mass is 10.2. The first-order chi connectivity index (χ1) is 10.1. The second kappa shape index (κ2) is 7.08. The summed E-state index contributed by atoms with van der Waals surface area (Å²) in [7, 11) is 0. The van der Waals surface area contributed by atoms with E-state index in [1.165, 1.54) is 11.8 Å². The minimum absolute atomic E-state index is 0.112. The van der Waals surface area contributed by atoms with Crippen LogP contribution in [0.15, 0.2) is 28.6 Å². The summed E-state index contributed by atoms with van der Waals surface area (Å²) in [6.07, 6.45) is 0.855. The monoisotopic (exact) mass is 302 g/mol. The fourth-order valence-corrected chi connectivity index (χ4v) is 2.35. The van der Waals surface area contributed by atoms with Crippen LogP contribution in [0, 0.1) is 0 Å². The number of nitrogens with one attached hydrogen (secondary N) is 1. The second-order valence-corrected chi connectivity index (χ2v) is 5.69. The van der Waals surface area contributed by atoms with Gasteiger partial charge in [-0.15, -0.1) is 21.5 Å². The molecule has 2 aromatic rings. The van der Waals surface area contributed by atoms with Crippen LogP contribution in [0.2, 0.25) is 0 Å². The van der Waals surface area contributed by atoms with E-state index in [1.807, 2.05) is 31.4 Å². The molecule has 0 atom stereocenters. The molecule has 5 nitrogen and oxygen atoms in total. The van der Waals surface area contributed by atoms with E-state index in [0.717, 1.165) is 12.1 Å². The van der Waals surface area contributed by atoms with Crippen LogP contribution in [-0.4, -0.2) is 21.7 Å². The molecule has 1 N–H and O–H groups in total. The van der Waals surface area contributed by atoms with Crippen LogP contribution in [-0.2, 0) is 6.54 Å². The van der Waals surface area contributed by atoms with Crippen LogP contribution >= 0.6 is 11.3 Å². The Morgan fingerprint density at radius 3 is 2.81 bits per heavy atom. The summed E-state index contributed by atoms with van der Waals surface area (Å²) in [5, 5.41) is 13.3. The van der Waals surface area contributed by atoms with Crippen LogP contribution in [0.1, 0.15) is 42.6 Å². The van der Waals surface area contributed by atoms with Crippen molar-refractivity contribution < 1.29 is 4.79 Å². The lowest BCUT2D eigenvalue weighted by Gasteiger charge is -2.09. The number of ketones is 1. The van der Waals surface area contributed by atoms with Gasteiger partial charge in [0.25, 0.3) is 0 Å².